The Labute approximate surface area is 162 Å². The van der Waals surface area contributed by atoms with Crippen LogP contribution in [0.25, 0.3) is 0 Å². The molecule has 1 aromatic heterocycles. The van der Waals surface area contributed by atoms with Crippen LogP contribution in [0.15, 0.2) is 36.5 Å². The molecule has 0 aliphatic carbocycles. The van der Waals surface area contributed by atoms with Crippen LogP contribution in [0.5, 0.6) is 0 Å². The van der Waals surface area contributed by atoms with E-state index in [4.69, 9.17) is 4.55 Å². The number of aromatic nitrogens is 1. The molecule has 3 amide bonds. The van der Waals surface area contributed by atoms with Gasteiger partial charge in [-0.15, -0.1) is 0 Å². The van der Waals surface area contributed by atoms with E-state index in [-0.39, 0.29) is 12.0 Å². The number of halogens is 2. The first kappa shape index (κ1) is 21.4. The topological polar surface area (TPSA) is 112 Å². The Morgan fingerprint density at radius 1 is 1.25 bits per heavy atom. The third kappa shape index (κ3) is 6.06. The molecule has 150 valence electrons. The summed E-state index contributed by atoms with van der Waals surface area (Å²) in [5, 5.41) is 2.24. The highest BCUT2D eigenvalue weighted by Gasteiger charge is 2.26. The van der Waals surface area contributed by atoms with Crippen LogP contribution in [0.2, 0.25) is 0 Å². The van der Waals surface area contributed by atoms with Crippen molar-refractivity contribution in [1.82, 2.24) is 15.0 Å². The number of hydrogen-bond acceptors (Lipinski definition) is 4. The van der Waals surface area contributed by atoms with E-state index in [1.807, 2.05) is 0 Å². The van der Waals surface area contributed by atoms with Crippen LogP contribution in [-0.2, 0) is 22.5 Å². The van der Waals surface area contributed by atoms with Gasteiger partial charge < -0.3 is 10.2 Å². The summed E-state index contributed by atoms with van der Waals surface area (Å²) in [5.74, 6) is -2.29. The van der Waals surface area contributed by atoms with E-state index >= 15 is 0 Å². The SMILES string of the molecule is Cc1ccc(N(C)C(=O)[C@H](Cc2cc(F)cc(F)c2)NC(=O)NS(=O)O)cn1. The van der Waals surface area contributed by atoms with Gasteiger partial charge >= 0.3 is 6.03 Å². The van der Waals surface area contributed by atoms with Gasteiger partial charge in [0.15, 0.2) is 0 Å². The number of likely N-dealkylation sites (N-methyl/N-ethyl adjacent to an activating group) is 1. The number of benzene rings is 1. The molecule has 2 rings (SSSR count). The number of rotatable bonds is 6. The first-order valence-corrected chi connectivity index (χ1v) is 9.09. The van der Waals surface area contributed by atoms with Gasteiger partial charge in [0, 0.05) is 25.2 Å². The Morgan fingerprint density at radius 3 is 2.43 bits per heavy atom. The Kier molecular flexibility index (Phi) is 7.12. The highest BCUT2D eigenvalue weighted by molar-refractivity contribution is 7.77. The second-order valence-corrected chi connectivity index (χ2v) is 6.62. The van der Waals surface area contributed by atoms with Gasteiger partial charge in [0.25, 0.3) is 11.3 Å². The standard InChI is InChI=1S/C17H18F2N4O4S/c1-10-3-4-14(9-20-10)23(2)16(24)15(21-17(25)22-28(26)27)7-11-5-12(18)8-13(19)6-11/h3-6,8-9,15H,7H2,1-2H3,(H,26,27)(H2,21,22,25)/t15-/m0/s1. The van der Waals surface area contributed by atoms with Crippen molar-refractivity contribution in [2.24, 2.45) is 0 Å². The van der Waals surface area contributed by atoms with Gasteiger partial charge in [-0.05, 0) is 36.8 Å². The molecule has 8 nitrogen and oxygen atoms in total. The summed E-state index contributed by atoms with van der Waals surface area (Å²) in [5.41, 5.74) is 1.29. The number of anilines is 1. The average molecular weight is 412 g/mol. The Bertz CT molecular complexity index is 875. The summed E-state index contributed by atoms with van der Waals surface area (Å²) in [6.45, 7) is 1.77. The summed E-state index contributed by atoms with van der Waals surface area (Å²) in [4.78, 5) is 29.9. The third-order valence-electron chi connectivity index (χ3n) is 3.76. The number of carbonyl (C=O) groups is 2. The number of urea groups is 1. The summed E-state index contributed by atoms with van der Waals surface area (Å²) in [6.07, 6.45) is 1.21. The van der Waals surface area contributed by atoms with Crippen molar-refractivity contribution in [2.45, 2.75) is 19.4 Å². The Hall–Kier alpha value is -2.92. The summed E-state index contributed by atoms with van der Waals surface area (Å²) >= 11 is -2.65. The lowest BCUT2D eigenvalue weighted by atomic mass is 10.0. The maximum Gasteiger partial charge on any atom is 0.329 e. The monoisotopic (exact) mass is 412 g/mol. The molecule has 0 aliphatic heterocycles. The van der Waals surface area contributed by atoms with Crippen molar-refractivity contribution in [3.05, 3.63) is 59.4 Å². The summed E-state index contributed by atoms with van der Waals surface area (Å²) in [7, 11) is 1.44. The molecule has 0 bridgehead atoms. The number of nitrogens with one attached hydrogen (secondary N) is 2. The quantitative estimate of drug-likeness (QED) is 0.625. The Morgan fingerprint density at radius 2 is 1.89 bits per heavy atom. The Balaban J connectivity index is 2.27. The van der Waals surface area contributed by atoms with Crippen molar-refractivity contribution in [2.75, 3.05) is 11.9 Å². The minimum absolute atomic E-state index is 0.122. The lowest BCUT2D eigenvalue weighted by molar-refractivity contribution is -0.120. The van der Waals surface area contributed by atoms with E-state index in [9.17, 15) is 22.6 Å². The van der Waals surface area contributed by atoms with Gasteiger partial charge in [-0.25, -0.2) is 22.5 Å². The van der Waals surface area contributed by atoms with E-state index in [0.29, 0.717) is 11.8 Å². The molecule has 0 saturated carbocycles. The molecule has 3 N–H and O–H groups in total. The number of aryl methyl sites for hydroxylation is 1. The molecule has 2 aromatic rings. The fraction of sp³-hybridized carbons (Fsp3) is 0.235. The minimum Gasteiger partial charge on any atom is -0.325 e. The molecular formula is C17H18F2N4O4S. The number of nitrogens with zero attached hydrogens (tertiary/aromatic N) is 2. The van der Waals surface area contributed by atoms with Gasteiger partial charge in [-0.3, -0.25) is 14.3 Å². The summed E-state index contributed by atoms with van der Waals surface area (Å²) in [6, 6.07) is 3.70. The van der Waals surface area contributed by atoms with E-state index < -0.39 is 40.9 Å². The van der Waals surface area contributed by atoms with Crippen LogP contribution in [-0.4, -0.2) is 38.8 Å². The highest BCUT2D eigenvalue weighted by atomic mass is 32.2. The number of amides is 3. The number of hydrogen-bond donors (Lipinski definition) is 3. The second kappa shape index (κ2) is 9.33. The van der Waals surface area contributed by atoms with Crippen molar-refractivity contribution < 1.29 is 27.1 Å². The highest BCUT2D eigenvalue weighted by Crippen LogP contribution is 2.15. The fourth-order valence-electron chi connectivity index (χ4n) is 2.45. The van der Waals surface area contributed by atoms with Crippen LogP contribution in [0, 0.1) is 18.6 Å². The van der Waals surface area contributed by atoms with Gasteiger partial charge in [0.05, 0.1) is 11.9 Å². The molecule has 0 fully saturated rings. The molecule has 0 spiro atoms. The van der Waals surface area contributed by atoms with E-state index in [0.717, 1.165) is 17.8 Å². The van der Waals surface area contributed by atoms with Gasteiger partial charge in [-0.1, -0.05) is 0 Å². The average Bonchev–Trinajstić information content (AvgIpc) is 2.59. The smallest absolute Gasteiger partial charge is 0.325 e. The van der Waals surface area contributed by atoms with Crippen LogP contribution < -0.4 is 14.9 Å². The molecule has 0 aliphatic rings. The van der Waals surface area contributed by atoms with Gasteiger partial charge in [0.2, 0.25) is 5.91 Å². The predicted octanol–water partition coefficient (Wildman–Crippen LogP) is 1.68. The third-order valence-corrected chi connectivity index (χ3v) is 4.12. The second-order valence-electron chi connectivity index (χ2n) is 5.91. The lowest BCUT2D eigenvalue weighted by Crippen LogP contribution is -2.51. The van der Waals surface area contributed by atoms with E-state index in [1.165, 1.54) is 18.1 Å². The van der Waals surface area contributed by atoms with Gasteiger partial charge in [-0.2, -0.15) is 0 Å². The molecule has 2 atom stereocenters. The number of pyridine rings is 1. The van der Waals surface area contributed by atoms with E-state index in [2.05, 4.69) is 10.3 Å². The molecule has 0 saturated heterocycles. The zero-order chi connectivity index (χ0) is 20.8. The molecule has 0 radical (unpaired) electrons. The largest absolute Gasteiger partial charge is 0.329 e. The predicted molar refractivity (Wildman–Crippen MR) is 98.7 cm³/mol. The van der Waals surface area contributed by atoms with Crippen molar-refractivity contribution in [1.29, 1.82) is 0 Å². The van der Waals surface area contributed by atoms with E-state index in [1.54, 1.807) is 23.8 Å². The fourth-order valence-corrected chi connectivity index (χ4v) is 2.67. The molecule has 1 unspecified atom stereocenters. The maximum absolute atomic E-state index is 13.5. The van der Waals surface area contributed by atoms with Crippen LogP contribution in [0.4, 0.5) is 19.3 Å². The van der Waals surface area contributed by atoms with Crippen LogP contribution in [0.1, 0.15) is 11.3 Å². The minimum atomic E-state index is -2.65. The molecule has 1 aromatic carbocycles. The maximum atomic E-state index is 13.5. The van der Waals surface area contributed by atoms with Crippen LogP contribution in [0.3, 0.4) is 0 Å². The van der Waals surface area contributed by atoms with Crippen molar-refractivity contribution in [3.8, 4) is 0 Å². The molecular weight excluding hydrogens is 394 g/mol. The first-order chi connectivity index (χ1) is 13.2. The lowest BCUT2D eigenvalue weighted by Gasteiger charge is -2.24. The van der Waals surface area contributed by atoms with Crippen molar-refractivity contribution in [3.63, 3.8) is 0 Å². The molecule has 11 heteroatoms. The van der Waals surface area contributed by atoms with Crippen molar-refractivity contribution >= 4 is 28.9 Å². The summed E-state index contributed by atoms with van der Waals surface area (Å²) < 4.78 is 48.1. The van der Waals surface area contributed by atoms with Gasteiger partial charge in [0.1, 0.15) is 17.7 Å². The normalized spacial score (nSPS) is 12.8. The zero-order valence-corrected chi connectivity index (χ0v) is 15.8. The van der Waals surface area contributed by atoms with Crippen LogP contribution >= 0.6 is 0 Å². The number of carbonyl (C=O) groups excluding carboxylic acids is 2. The zero-order valence-electron chi connectivity index (χ0n) is 15.0. The first-order valence-electron chi connectivity index (χ1n) is 7.99. The molecule has 28 heavy (non-hydrogen) atoms. The molecule has 1 heterocycles.